The molecule has 0 aromatic heterocycles. The summed E-state index contributed by atoms with van der Waals surface area (Å²) in [4.78, 5) is 11.9. The highest BCUT2D eigenvalue weighted by Gasteiger charge is 2.00. The standard InChI is InChI=1S/C16H13BrO/c1-12-3-2-4-13(11-12)5-10-16(18)14-6-8-15(17)9-7-14/h2-11H,1H3/b10-5-. The zero-order chi connectivity index (χ0) is 13.0. The summed E-state index contributed by atoms with van der Waals surface area (Å²) in [6.45, 7) is 2.04. The topological polar surface area (TPSA) is 17.1 Å². The van der Waals surface area contributed by atoms with Crippen LogP contribution < -0.4 is 0 Å². The fourth-order valence-corrected chi connectivity index (χ4v) is 1.92. The molecule has 2 aromatic carbocycles. The van der Waals surface area contributed by atoms with E-state index in [4.69, 9.17) is 0 Å². The van der Waals surface area contributed by atoms with Crippen molar-refractivity contribution >= 4 is 27.8 Å². The Balaban J connectivity index is 2.14. The fraction of sp³-hybridized carbons (Fsp3) is 0.0625. The number of hydrogen-bond acceptors (Lipinski definition) is 1. The Bertz CT molecular complexity index is 582. The highest BCUT2D eigenvalue weighted by molar-refractivity contribution is 9.10. The summed E-state index contributed by atoms with van der Waals surface area (Å²) in [5, 5.41) is 0. The molecule has 1 nitrogen and oxygen atoms in total. The number of carbonyl (C=O) groups is 1. The van der Waals surface area contributed by atoms with Crippen molar-refractivity contribution in [3.63, 3.8) is 0 Å². The van der Waals surface area contributed by atoms with Crippen LogP contribution in [0.4, 0.5) is 0 Å². The highest BCUT2D eigenvalue weighted by Crippen LogP contribution is 2.12. The SMILES string of the molecule is Cc1cccc(/C=C\C(=O)c2ccc(Br)cc2)c1. The number of carbonyl (C=O) groups excluding carboxylic acids is 1. The van der Waals surface area contributed by atoms with E-state index in [0.29, 0.717) is 5.56 Å². The predicted octanol–water partition coefficient (Wildman–Crippen LogP) is 4.65. The van der Waals surface area contributed by atoms with Gasteiger partial charge >= 0.3 is 0 Å². The summed E-state index contributed by atoms with van der Waals surface area (Å²) in [5.74, 6) is 0.0176. The summed E-state index contributed by atoms with van der Waals surface area (Å²) < 4.78 is 0.974. The number of rotatable bonds is 3. The first-order valence-corrected chi connectivity index (χ1v) is 6.49. The van der Waals surface area contributed by atoms with Crippen LogP contribution in [0, 0.1) is 6.92 Å². The largest absolute Gasteiger partial charge is 0.289 e. The van der Waals surface area contributed by atoms with E-state index in [1.807, 2.05) is 61.5 Å². The lowest BCUT2D eigenvalue weighted by atomic mass is 10.1. The van der Waals surface area contributed by atoms with E-state index in [1.165, 1.54) is 5.56 Å². The molecule has 0 saturated carbocycles. The first-order chi connectivity index (χ1) is 8.65. The molecule has 2 rings (SSSR count). The number of halogens is 1. The van der Waals surface area contributed by atoms with Crippen molar-refractivity contribution in [3.8, 4) is 0 Å². The van der Waals surface area contributed by atoms with Gasteiger partial charge in [-0.2, -0.15) is 0 Å². The van der Waals surface area contributed by atoms with Gasteiger partial charge in [0, 0.05) is 10.0 Å². The minimum absolute atomic E-state index is 0.0176. The molecule has 2 heteroatoms. The number of hydrogen-bond donors (Lipinski definition) is 0. The van der Waals surface area contributed by atoms with E-state index < -0.39 is 0 Å². The molecule has 0 aliphatic carbocycles. The molecule has 0 bridgehead atoms. The summed E-state index contributed by atoms with van der Waals surface area (Å²) >= 11 is 3.35. The van der Waals surface area contributed by atoms with E-state index in [9.17, 15) is 4.79 Å². The smallest absolute Gasteiger partial charge is 0.185 e. The Morgan fingerprint density at radius 2 is 1.83 bits per heavy atom. The number of ketones is 1. The molecule has 0 N–H and O–H groups in total. The lowest BCUT2D eigenvalue weighted by molar-refractivity contribution is 0.104. The van der Waals surface area contributed by atoms with E-state index in [1.54, 1.807) is 6.08 Å². The van der Waals surface area contributed by atoms with Crippen molar-refractivity contribution in [1.82, 2.24) is 0 Å². The predicted molar refractivity (Wildman–Crippen MR) is 78.7 cm³/mol. The second-order valence-electron chi connectivity index (χ2n) is 4.12. The molecule has 0 heterocycles. The van der Waals surface area contributed by atoms with Crippen LogP contribution in [-0.2, 0) is 0 Å². The summed E-state index contributed by atoms with van der Waals surface area (Å²) in [5.41, 5.74) is 2.93. The van der Waals surface area contributed by atoms with Gasteiger partial charge in [0.25, 0.3) is 0 Å². The monoisotopic (exact) mass is 300 g/mol. The lowest BCUT2D eigenvalue weighted by Gasteiger charge is -1.97. The second kappa shape index (κ2) is 5.78. The second-order valence-corrected chi connectivity index (χ2v) is 5.03. The van der Waals surface area contributed by atoms with E-state index in [-0.39, 0.29) is 5.78 Å². The van der Waals surface area contributed by atoms with Gasteiger partial charge in [0.05, 0.1) is 0 Å². The molecule has 0 aliphatic heterocycles. The van der Waals surface area contributed by atoms with Gasteiger partial charge in [-0.1, -0.05) is 51.8 Å². The highest BCUT2D eigenvalue weighted by atomic mass is 79.9. The number of benzene rings is 2. The Morgan fingerprint density at radius 3 is 2.50 bits per heavy atom. The number of allylic oxidation sites excluding steroid dienone is 1. The Morgan fingerprint density at radius 1 is 1.11 bits per heavy atom. The fourth-order valence-electron chi connectivity index (χ4n) is 1.66. The van der Waals surface area contributed by atoms with Crippen molar-refractivity contribution in [3.05, 3.63) is 75.8 Å². The molecule has 0 saturated heterocycles. The third-order valence-electron chi connectivity index (χ3n) is 2.60. The van der Waals surface area contributed by atoms with Crippen LogP contribution in [0.2, 0.25) is 0 Å². The minimum Gasteiger partial charge on any atom is -0.289 e. The van der Waals surface area contributed by atoms with Gasteiger partial charge in [-0.25, -0.2) is 0 Å². The quantitative estimate of drug-likeness (QED) is 0.595. The van der Waals surface area contributed by atoms with Gasteiger partial charge in [0.15, 0.2) is 5.78 Å². The maximum absolute atomic E-state index is 11.9. The maximum atomic E-state index is 11.9. The summed E-state index contributed by atoms with van der Waals surface area (Å²) in [7, 11) is 0. The summed E-state index contributed by atoms with van der Waals surface area (Å²) in [6, 6.07) is 15.4. The van der Waals surface area contributed by atoms with Crippen LogP contribution in [0.5, 0.6) is 0 Å². The molecule has 2 aromatic rings. The molecule has 18 heavy (non-hydrogen) atoms. The molecule has 0 fully saturated rings. The molecule has 0 radical (unpaired) electrons. The molecule has 0 atom stereocenters. The summed E-state index contributed by atoms with van der Waals surface area (Å²) in [6.07, 6.45) is 3.45. The van der Waals surface area contributed by atoms with Crippen molar-refractivity contribution in [2.24, 2.45) is 0 Å². The van der Waals surface area contributed by atoms with E-state index >= 15 is 0 Å². The molecule has 0 aliphatic rings. The van der Waals surface area contributed by atoms with Crippen LogP contribution in [0.3, 0.4) is 0 Å². The molecule has 0 amide bonds. The first-order valence-electron chi connectivity index (χ1n) is 5.70. The van der Waals surface area contributed by atoms with Gasteiger partial charge in [-0.15, -0.1) is 0 Å². The Kier molecular flexibility index (Phi) is 4.11. The average Bonchev–Trinajstić information content (AvgIpc) is 2.37. The molecule has 0 unspecified atom stereocenters. The molecular weight excluding hydrogens is 288 g/mol. The van der Waals surface area contributed by atoms with Crippen molar-refractivity contribution < 1.29 is 4.79 Å². The van der Waals surface area contributed by atoms with E-state index in [2.05, 4.69) is 15.9 Å². The van der Waals surface area contributed by atoms with Crippen LogP contribution >= 0.6 is 15.9 Å². The van der Waals surface area contributed by atoms with Gasteiger partial charge in [0.2, 0.25) is 0 Å². The van der Waals surface area contributed by atoms with Crippen LogP contribution in [0.1, 0.15) is 21.5 Å². The Hall–Kier alpha value is -1.67. The normalized spacial score (nSPS) is 10.8. The van der Waals surface area contributed by atoms with E-state index in [0.717, 1.165) is 10.0 Å². The average molecular weight is 301 g/mol. The minimum atomic E-state index is 0.0176. The zero-order valence-corrected chi connectivity index (χ0v) is 11.6. The van der Waals surface area contributed by atoms with Crippen LogP contribution in [0.15, 0.2) is 59.1 Å². The van der Waals surface area contributed by atoms with Gasteiger partial charge < -0.3 is 0 Å². The third kappa shape index (κ3) is 3.41. The zero-order valence-electron chi connectivity index (χ0n) is 10.1. The van der Waals surface area contributed by atoms with Gasteiger partial charge in [-0.3, -0.25) is 4.79 Å². The van der Waals surface area contributed by atoms with Crippen LogP contribution in [-0.4, -0.2) is 5.78 Å². The van der Waals surface area contributed by atoms with Crippen molar-refractivity contribution in [2.45, 2.75) is 6.92 Å². The van der Waals surface area contributed by atoms with Crippen molar-refractivity contribution in [2.75, 3.05) is 0 Å². The number of aryl methyl sites for hydroxylation is 1. The molecule has 90 valence electrons. The van der Waals surface area contributed by atoms with Crippen molar-refractivity contribution in [1.29, 1.82) is 0 Å². The first kappa shape index (κ1) is 12.8. The maximum Gasteiger partial charge on any atom is 0.185 e. The molecule has 0 spiro atoms. The van der Waals surface area contributed by atoms with Gasteiger partial charge in [0.1, 0.15) is 0 Å². The Labute approximate surface area is 115 Å². The lowest BCUT2D eigenvalue weighted by Crippen LogP contribution is -1.93. The van der Waals surface area contributed by atoms with Crippen LogP contribution in [0.25, 0.3) is 6.08 Å². The molecular formula is C16H13BrO. The van der Waals surface area contributed by atoms with Gasteiger partial charge in [-0.05, 0) is 42.8 Å². The third-order valence-corrected chi connectivity index (χ3v) is 3.13.